The Labute approximate surface area is 190 Å². The molecule has 3 heterocycles. The molecule has 0 aliphatic carbocycles. The van der Waals surface area contributed by atoms with Crippen LogP contribution in [0.25, 0.3) is 0 Å². The predicted molar refractivity (Wildman–Crippen MR) is 121 cm³/mol. The van der Waals surface area contributed by atoms with Crippen molar-refractivity contribution in [2.45, 2.75) is 39.0 Å². The minimum Gasteiger partial charge on any atom is -0.342 e. The number of hydrogen-bond acceptors (Lipinski definition) is 5. The maximum absolute atomic E-state index is 13.1. The van der Waals surface area contributed by atoms with Gasteiger partial charge in [0.25, 0.3) is 5.91 Å². The molecule has 3 aromatic rings. The van der Waals surface area contributed by atoms with Crippen molar-refractivity contribution in [1.82, 2.24) is 19.7 Å². The number of carbonyl (C=O) groups is 2. The first-order valence-electron chi connectivity index (χ1n) is 10.6. The van der Waals surface area contributed by atoms with Crippen molar-refractivity contribution in [2.75, 3.05) is 18.4 Å². The number of hydrogen-bond donors (Lipinski definition) is 1. The zero-order valence-corrected chi connectivity index (χ0v) is 19.2. The predicted octanol–water partition coefficient (Wildman–Crippen LogP) is 3.83. The summed E-state index contributed by atoms with van der Waals surface area (Å²) >= 11 is 1.49. The Bertz CT molecular complexity index is 1130. The van der Waals surface area contributed by atoms with E-state index in [-0.39, 0.29) is 30.0 Å². The molecular formula is C23H26FN5O2S. The van der Waals surface area contributed by atoms with Crippen LogP contribution in [0.3, 0.4) is 0 Å². The topological polar surface area (TPSA) is 80.1 Å². The number of nitrogens with zero attached hydrogens (tertiary/aromatic N) is 4. The highest BCUT2D eigenvalue weighted by atomic mass is 32.1. The van der Waals surface area contributed by atoms with E-state index in [9.17, 15) is 14.0 Å². The summed E-state index contributed by atoms with van der Waals surface area (Å²) in [4.78, 5) is 31.7. The highest BCUT2D eigenvalue weighted by Gasteiger charge is 2.26. The number of amides is 2. The van der Waals surface area contributed by atoms with Gasteiger partial charge in [-0.1, -0.05) is 12.1 Å². The number of aryl methyl sites for hydroxylation is 2. The maximum atomic E-state index is 13.1. The first kappa shape index (κ1) is 22.1. The SMILES string of the molecule is Cc1nn(C)c(C)c1NC(=O)c1csc(C2CCN(C(=O)Cc3ccc(F)cc3)CC2)n1. The second-order valence-corrected chi connectivity index (χ2v) is 9.04. The summed E-state index contributed by atoms with van der Waals surface area (Å²) in [6.45, 7) is 5.08. The molecule has 1 fully saturated rings. The van der Waals surface area contributed by atoms with Gasteiger partial charge in [-0.15, -0.1) is 11.3 Å². The Morgan fingerprint density at radius 2 is 1.88 bits per heavy atom. The molecule has 1 aliphatic heterocycles. The number of carbonyl (C=O) groups excluding carboxylic acids is 2. The number of piperidine rings is 1. The third-order valence-corrected chi connectivity index (χ3v) is 6.97. The molecule has 7 nitrogen and oxygen atoms in total. The lowest BCUT2D eigenvalue weighted by molar-refractivity contribution is -0.131. The molecule has 1 saturated heterocycles. The number of nitrogens with one attached hydrogen (secondary N) is 1. The fourth-order valence-electron chi connectivity index (χ4n) is 3.98. The van der Waals surface area contributed by atoms with E-state index < -0.39 is 0 Å². The van der Waals surface area contributed by atoms with E-state index in [1.807, 2.05) is 25.8 Å². The van der Waals surface area contributed by atoms with E-state index in [4.69, 9.17) is 0 Å². The number of likely N-dealkylation sites (tertiary alicyclic amines) is 1. The van der Waals surface area contributed by atoms with Crippen molar-refractivity contribution in [3.8, 4) is 0 Å². The van der Waals surface area contributed by atoms with Crippen LogP contribution in [0.5, 0.6) is 0 Å². The molecule has 0 unspecified atom stereocenters. The molecule has 0 saturated carbocycles. The molecule has 9 heteroatoms. The number of rotatable bonds is 5. The maximum Gasteiger partial charge on any atom is 0.275 e. The van der Waals surface area contributed by atoms with E-state index >= 15 is 0 Å². The summed E-state index contributed by atoms with van der Waals surface area (Å²) in [6.07, 6.45) is 1.90. The summed E-state index contributed by atoms with van der Waals surface area (Å²) in [6, 6.07) is 6.05. The number of thiazole rings is 1. The Morgan fingerprint density at radius 3 is 2.50 bits per heavy atom. The highest BCUT2D eigenvalue weighted by Crippen LogP contribution is 2.31. The molecule has 0 spiro atoms. The Balaban J connectivity index is 1.33. The first-order valence-corrected chi connectivity index (χ1v) is 11.5. The average Bonchev–Trinajstić information content (AvgIpc) is 3.36. The molecule has 168 valence electrons. The van der Waals surface area contributed by atoms with Crippen molar-refractivity contribution in [3.63, 3.8) is 0 Å². The van der Waals surface area contributed by atoms with Gasteiger partial charge in [0.1, 0.15) is 11.5 Å². The van der Waals surface area contributed by atoms with Gasteiger partial charge in [-0.2, -0.15) is 5.10 Å². The van der Waals surface area contributed by atoms with Crippen molar-refractivity contribution in [3.05, 3.63) is 63.1 Å². The van der Waals surface area contributed by atoms with E-state index in [2.05, 4.69) is 15.4 Å². The fourth-order valence-corrected chi connectivity index (χ4v) is 4.95. The zero-order chi connectivity index (χ0) is 22.8. The van der Waals surface area contributed by atoms with Gasteiger partial charge in [0.05, 0.1) is 28.5 Å². The molecule has 4 rings (SSSR count). The van der Waals surface area contributed by atoms with Crippen molar-refractivity contribution >= 4 is 28.8 Å². The van der Waals surface area contributed by atoms with Gasteiger partial charge in [0, 0.05) is 31.4 Å². The lowest BCUT2D eigenvalue weighted by Gasteiger charge is -2.31. The monoisotopic (exact) mass is 455 g/mol. The van der Waals surface area contributed by atoms with Gasteiger partial charge >= 0.3 is 0 Å². The number of anilines is 1. The molecule has 1 aromatic carbocycles. The minimum atomic E-state index is -0.302. The quantitative estimate of drug-likeness (QED) is 0.634. The third kappa shape index (κ3) is 4.72. The van der Waals surface area contributed by atoms with Gasteiger partial charge in [0.15, 0.2) is 0 Å². The van der Waals surface area contributed by atoms with Crippen LogP contribution in [-0.4, -0.2) is 44.6 Å². The van der Waals surface area contributed by atoms with E-state index in [0.29, 0.717) is 18.8 Å². The smallest absolute Gasteiger partial charge is 0.275 e. The number of halogens is 1. The van der Waals surface area contributed by atoms with Crippen LogP contribution in [0.2, 0.25) is 0 Å². The Morgan fingerprint density at radius 1 is 1.19 bits per heavy atom. The van der Waals surface area contributed by atoms with Crippen LogP contribution in [0, 0.1) is 19.7 Å². The fraction of sp³-hybridized carbons (Fsp3) is 0.391. The second kappa shape index (κ2) is 9.20. The van der Waals surface area contributed by atoms with Gasteiger partial charge in [-0.3, -0.25) is 14.3 Å². The average molecular weight is 456 g/mol. The van der Waals surface area contributed by atoms with Gasteiger partial charge < -0.3 is 10.2 Å². The first-order chi connectivity index (χ1) is 15.3. The van der Waals surface area contributed by atoms with Crippen molar-refractivity contribution in [2.24, 2.45) is 7.05 Å². The lowest BCUT2D eigenvalue weighted by Crippen LogP contribution is -2.38. The molecule has 2 aromatic heterocycles. The summed E-state index contributed by atoms with van der Waals surface area (Å²) < 4.78 is 14.8. The summed E-state index contributed by atoms with van der Waals surface area (Å²) in [5.74, 6) is -0.252. The van der Waals surface area contributed by atoms with E-state index in [1.165, 1.54) is 23.5 Å². The van der Waals surface area contributed by atoms with E-state index in [0.717, 1.165) is 40.5 Å². The highest BCUT2D eigenvalue weighted by molar-refractivity contribution is 7.10. The molecule has 2 amide bonds. The van der Waals surface area contributed by atoms with Crippen LogP contribution < -0.4 is 5.32 Å². The molecule has 0 bridgehead atoms. The molecule has 1 N–H and O–H groups in total. The molecule has 0 radical (unpaired) electrons. The van der Waals surface area contributed by atoms with Crippen LogP contribution in [-0.2, 0) is 18.3 Å². The molecule has 32 heavy (non-hydrogen) atoms. The van der Waals surface area contributed by atoms with Crippen LogP contribution in [0.1, 0.15) is 51.2 Å². The molecule has 1 aliphatic rings. The third-order valence-electron chi connectivity index (χ3n) is 5.97. The van der Waals surface area contributed by atoms with E-state index in [1.54, 1.807) is 22.2 Å². The number of aromatic nitrogens is 3. The largest absolute Gasteiger partial charge is 0.342 e. The summed E-state index contributed by atoms with van der Waals surface area (Å²) in [7, 11) is 1.84. The van der Waals surface area contributed by atoms with Crippen molar-refractivity contribution < 1.29 is 14.0 Å². The summed E-state index contributed by atoms with van der Waals surface area (Å²) in [5, 5.41) is 9.97. The zero-order valence-electron chi connectivity index (χ0n) is 18.4. The van der Waals surface area contributed by atoms with Crippen LogP contribution in [0.15, 0.2) is 29.6 Å². The van der Waals surface area contributed by atoms with Gasteiger partial charge in [-0.25, -0.2) is 9.37 Å². The van der Waals surface area contributed by atoms with Crippen LogP contribution >= 0.6 is 11.3 Å². The van der Waals surface area contributed by atoms with Gasteiger partial charge in [0.2, 0.25) is 5.91 Å². The second-order valence-electron chi connectivity index (χ2n) is 8.15. The van der Waals surface area contributed by atoms with Gasteiger partial charge in [-0.05, 0) is 44.4 Å². The lowest BCUT2D eigenvalue weighted by atomic mass is 9.97. The van der Waals surface area contributed by atoms with Crippen molar-refractivity contribution in [1.29, 1.82) is 0 Å². The Hall–Kier alpha value is -3.07. The minimum absolute atomic E-state index is 0.0523. The normalized spacial score (nSPS) is 14.6. The summed E-state index contributed by atoms with van der Waals surface area (Å²) in [5.41, 5.74) is 3.60. The number of benzene rings is 1. The Kier molecular flexibility index (Phi) is 6.36. The van der Waals surface area contributed by atoms with Crippen LogP contribution in [0.4, 0.5) is 10.1 Å². The molecule has 0 atom stereocenters. The molecular weight excluding hydrogens is 429 g/mol. The standard InChI is InChI=1S/C23H26FN5O2S/c1-14-21(15(2)28(3)27-14)26-22(31)19-13-32-23(25-19)17-8-10-29(11-9-17)20(30)12-16-4-6-18(24)7-5-16/h4-7,13,17H,8-12H2,1-3H3,(H,26,31).